The van der Waals surface area contributed by atoms with Crippen LogP contribution in [0.25, 0.3) is 0 Å². The Labute approximate surface area is 77.1 Å². The number of rotatable bonds is 0. The van der Waals surface area contributed by atoms with E-state index in [1.807, 2.05) is 0 Å². The molecule has 0 aromatic heterocycles. The van der Waals surface area contributed by atoms with Gasteiger partial charge in [0.05, 0.1) is 0 Å². The van der Waals surface area contributed by atoms with Gasteiger partial charge in [0, 0.05) is 0 Å². The van der Waals surface area contributed by atoms with Crippen molar-refractivity contribution in [3.63, 3.8) is 0 Å². The molecule has 4 nitrogen and oxygen atoms in total. The first-order valence-corrected chi connectivity index (χ1v) is 2.05. The maximum atomic E-state index is 8.63. The molecule has 0 heterocycles. The third-order valence-electron chi connectivity index (χ3n) is 0. The molecule has 0 aromatic carbocycles. The van der Waals surface area contributed by atoms with Gasteiger partial charge in [-0.3, -0.25) is 4.55 Å². The van der Waals surface area contributed by atoms with Crippen molar-refractivity contribution in [3.8, 4) is 0 Å². The average Bonchev–Trinajstić information content (AvgIpc) is 0.722. The van der Waals surface area contributed by atoms with Crippen molar-refractivity contribution in [2.75, 3.05) is 0 Å². The summed E-state index contributed by atoms with van der Waals surface area (Å²) in [6.07, 6.45) is 0. The van der Waals surface area contributed by atoms with E-state index in [2.05, 4.69) is 0 Å². The van der Waals surface area contributed by atoms with Crippen LogP contribution in [0.4, 0.5) is 0 Å². The van der Waals surface area contributed by atoms with Crippen molar-refractivity contribution in [2.45, 2.75) is 0 Å². The third kappa shape index (κ3) is 124. The summed E-state index contributed by atoms with van der Waals surface area (Å²) < 4.78 is 32.8. The molecule has 0 amide bonds. The summed E-state index contributed by atoms with van der Waals surface area (Å²) >= 11 is 0. The minimum absolute atomic E-state index is 0. The molecule has 7 heteroatoms. The van der Waals surface area contributed by atoms with Crippen LogP contribution >= 0.6 is 0 Å². The van der Waals surface area contributed by atoms with Crippen LogP contribution in [0.15, 0.2) is 0 Å². The molecule has 0 aliphatic heterocycles. The first kappa shape index (κ1) is 15.7. The van der Waals surface area contributed by atoms with Crippen LogP contribution in [0, 0.1) is 0 Å². The maximum absolute atomic E-state index is 8.63. The van der Waals surface area contributed by atoms with Gasteiger partial charge in [0.15, 0.2) is 0 Å². The second-order valence-corrected chi connectivity index (χ2v) is 1.28. The molecular weight excluding hydrogens is 203 g/mol. The first-order valence-electron chi connectivity index (χ1n) is 0.683. The molecule has 0 saturated carbocycles. The van der Waals surface area contributed by atoms with Gasteiger partial charge in [-0.2, -0.15) is 0 Å². The van der Waals surface area contributed by atoms with E-state index in [1.165, 1.54) is 0 Å². The van der Waals surface area contributed by atoms with Gasteiger partial charge in [-0.15, -0.1) is 0 Å². The van der Waals surface area contributed by atoms with Crippen LogP contribution in [-0.2, 0) is 10.4 Å². The molecule has 0 rings (SSSR count). The Bertz CT molecular complexity index is 94.9. The van der Waals surface area contributed by atoms with Crippen molar-refractivity contribution in [2.24, 2.45) is 0 Å². The van der Waals surface area contributed by atoms with E-state index in [0.717, 1.165) is 0 Å². The fourth-order valence-corrected chi connectivity index (χ4v) is 0. The van der Waals surface area contributed by atoms with E-state index in [1.54, 1.807) is 0 Å². The number of hydrogen-bond donors (Lipinski definition) is 1. The Balaban J connectivity index is -0.0000000800. The molecule has 1 N–H and O–H groups in total. The molecule has 0 aliphatic carbocycles. The van der Waals surface area contributed by atoms with Gasteiger partial charge in [0.1, 0.15) is 0 Å². The monoisotopic (exact) mass is 204 g/mol. The SMILES string of the molecule is O=S(=O)([O-])O.[F-].[Sr+2]. The van der Waals surface area contributed by atoms with E-state index < -0.39 is 10.4 Å². The van der Waals surface area contributed by atoms with Crippen LogP contribution in [0.5, 0.6) is 0 Å². The third-order valence-corrected chi connectivity index (χ3v) is 0. The Morgan fingerprint density at radius 1 is 1.43 bits per heavy atom. The van der Waals surface area contributed by atoms with Gasteiger partial charge < -0.3 is 9.26 Å². The van der Waals surface area contributed by atoms with Gasteiger partial charge in [-0.1, -0.05) is 0 Å². The predicted octanol–water partition coefficient (Wildman–Crippen LogP) is -4.37. The molecule has 0 saturated heterocycles. The zero-order valence-corrected chi connectivity index (χ0v) is 7.46. The molecule has 0 aromatic rings. The largest absolute Gasteiger partial charge is 2.00 e. The quantitative estimate of drug-likeness (QED) is 0.245. The Morgan fingerprint density at radius 3 is 1.43 bits per heavy atom. The molecule has 0 atom stereocenters. The number of halogens is 1. The number of hydrogen-bond acceptors (Lipinski definition) is 3. The normalized spacial score (nSPS) is 8.29. The molecule has 7 heavy (non-hydrogen) atoms. The summed E-state index contributed by atoms with van der Waals surface area (Å²) in [4.78, 5) is 0. The molecule has 0 unspecified atom stereocenters. The van der Waals surface area contributed by atoms with Crippen molar-refractivity contribution in [3.05, 3.63) is 0 Å². The zero-order valence-electron chi connectivity index (χ0n) is 3.17. The Kier molecular flexibility index (Phi) is 12.2. The van der Waals surface area contributed by atoms with Crippen LogP contribution in [0.3, 0.4) is 0 Å². The minimum atomic E-state index is -4.92. The smallest absolute Gasteiger partial charge is 1.00 e. The fraction of sp³-hybridized carbons (Fsp3) is 0. The van der Waals surface area contributed by atoms with E-state index in [9.17, 15) is 0 Å². The standard InChI is InChI=1S/FH.H2O4S.Sr/c;1-5(2,3)4;/h1H;(H2,1,2,3,4);/q;;+2/p-2. The van der Waals surface area contributed by atoms with E-state index in [0.29, 0.717) is 0 Å². The second-order valence-electron chi connectivity index (χ2n) is 0.428. The van der Waals surface area contributed by atoms with E-state index >= 15 is 0 Å². The molecule has 0 radical (unpaired) electrons. The maximum Gasteiger partial charge on any atom is 2.00 e. The van der Waals surface area contributed by atoms with Gasteiger partial charge in [-0.25, -0.2) is 8.42 Å². The van der Waals surface area contributed by atoms with Gasteiger partial charge >= 0.3 is 45.5 Å². The first-order chi connectivity index (χ1) is 2.00. The summed E-state index contributed by atoms with van der Waals surface area (Å²) in [6.45, 7) is 0. The summed E-state index contributed by atoms with van der Waals surface area (Å²) in [5.74, 6) is 0. The molecule has 40 valence electrons. The molecule has 0 spiro atoms. The summed E-state index contributed by atoms with van der Waals surface area (Å²) in [7, 11) is -4.92. The Hall–Kier alpha value is 1.28. The molecule has 0 fully saturated rings. The van der Waals surface area contributed by atoms with Crippen molar-refractivity contribution in [1.29, 1.82) is 0 Å². The minimum Gasteiger partial charge on any atom is -1.00 e. The van der Waals surface area contributed by atoms with Gasteiger partial charge in [-0.05, 0) is 0 Å². The summed E-state index contributed by atoms with van der Waals surface area (Å²) in [5, 5.41) is 0. The van der Waals surface area contributed by atoms with Crippen molar-refractivity contribution < 1.29 is 22.2 Å². The Morgan fingerprint density at radius 2 is 1.43 bits per heavy atom. The predicted molar refractivity (Wildman–Crippen MR) is 18.1 cm³/mol. The molecule has 0 bridgehead atoms. The van der Waals surface area contributed by atoms with Crippen LogP contribution in [0.2, 0.25) is 0 Å². The topological polar surface area (TPSA) is 77.4 Å². The average molecular weight is 204 g/mol. The van der Waals surface area contributed by atoms with Crippen LogP contribution < -0.4 is 4.70 Å². The van der Waals surface area contributed by atoms with Crippen molar-refractivity contribution in [1.82, 2.24) is 0 Å². The summed E-state index contributed by atoms with van der Waals surface area (Å²) in [6, 6.07) is 0. The summed E-state index contributed by atoms with van der Waals surface area (Å²) in [5.41, 5.74) is 0. The van der Waals surface area contributed by atoms with Crippen molar-refractivity contribution >= 4 is 55.9 Å². The van der Waals surface area contributed by atoms with E-state index in [-0.39, 0.29) is 50.2 Å². The van der Waals surface area contributed by atoms with Gasteiger partial charge in [0.2, 0.25) is 10.4 Å². The van der Waals surface area contributed by atoms with Crippen LogP contribution in [0.1, 0.15) is 0 Å². The van der Waals surface area contributed by atoms with Crippen LogP contribution in [-0.4, -0.2) is 63.0 Å². The van der Waals surface area contributed by atoms with Gasteiger partial charge in [0.25, 0.3) is 0 Å². The van der Waals surface area contributed by atoms with E-state index in [4.69, 9.17) is 17.5 Å². The second kappa shape index (κ2) is 5.42. The molecular formula is HFO4SSr. The fourth-order valence-electron chi connectivity index (χ4n) is 0. The molecule has 0 aliphatic rings. The zero-order chi connectivity index (χ0) is 4.50.